The Balaban J connectivity index is 2.43. The summed E-state index contributed by atoms with van der Waals surface area (Å²) in [5.41, 5.74) is 5.77. The first-order valence-corrected chi connectivity index (χ1v) is 8.47. The van der Waals surface area contributed by atoms with Gasteiger partial charge in [-0.2, -0.15) is 4.37 Å². The lowest BCUT2D eigenvalue weighted by Gasteiger charge is -2.26. The number of nitrogens with zero attached hydrogens (tertiary/aromatic N) is 3. The fourth-order valence-electron chi connectivity index (χ4n) is 2.39. The highest BCUT2D eigenvalue weighted by molar-refractivity contribution is 7.89. The quantitative estimate of drug-likeness (QED) is 0.908. The maximum atomic E-state index is 12.3. The van der Waals surface area contributed by atoms with E-state index in [1.54, 1.807) is 0 Å². The van der Waals surface area contributed by atoms with Gasteiger partial charge in [-0.05, 0) is 24.4 Å². The Labute approximate surface area is 118 Å². The van der Waals surface area contributed by atoms with Crippen LogP contribution < -0.4 is 10.6 Å². The van der Waals surface area contributed by atoms with E-state index in [9.17, 15) is 8.42 Å². The molecule has 0 aromatic carbocycles. The molecule has 19 heavy (non-hydrogen) atoms. The van der Waals surface area contributed by atoms with Crippen LogP contribution >= 0.6 is 11.5 Å². The summed E-state index contributed by atoms with van der Waals surface area (Å²) < 4.78 is 29.9. The number of nitrogen functional groups attached to an aromatic ring is 1. The summed E-state index contributed by atoms with van der Waals surface area (Å²) in [6.45, 7) is 0. The summed E-state index contributed by atoms with van der Waals surface area (Å²) in [7, 11) is 1.38. The predicted octanol–water partition coefficient (Wildman–Crippen LogP) is 1.35. The molecule has 1 aliphatic rings. The SMILES string of the molecule is CN(c1snc(N)c1S(=O)(=O)N(C)C)C1CCCC1. The maximum Gasteiger partial charge on any atom is 0.249 e. The Hall–Kier alpha value is -0.860. The Bertz CT molecular complexity index is 547. The molecule has 1 aromatic rings. The molecule has 1 fully saturated rings. The van der Waals surface area contributed by atoms with Crippen molar-refractivity contribution in [2.24, 2.45) is 0 Å². The Morgan fingerprint density at radius 3 is 2.37 bits per heavy atom. The number of anilines is 2. The summed E-state index contributed by atoms with van der Waals surface area (Å²) in [6.07, 6.45) is 4.57. The van der Waals surface area contributed by atoms with Gasteiger partial charge in [-0.3, -0.25) is 0 Å². The predicted molar refractivity (Wildman–Crippen MR) is 78.1 cm³/mol. The molecule has 2 rings (SSSR count). The fraction of sp³-hybridized carbons (Fsp3) is 0.727. The first-order chi connectivity index (χ1) is 8.85. The number of rotatable bonds is 4. The van der Waals surface area contributed by atoms with Crippen molar-refractivity contribution in [2.45, 2.75) is 36.6 Å². The van der Waals surface area contributed by atoms with Crippen molar-refractivity contribution in [3.05, 3.63) is 0 Å². The second-order valence-corrected chi connectivity index (χ2v) is 7.88. The monoisotopic (exact) mass is 304 g/mol. The van der Waals surface area contributed by atoms with Crippen LogP contribution in [0.15, 0.2) is 4.90 Å². The van der Waals surface area contributed by atoms with E-state index in [-0.39, 0.29) is 10.7 Å². The minimum absolute atomic E-state index is 0.0959. The second kappa shape index (κ2) is 5.26. The molecule has 0 atom stereocenters. The van der Waals surface area contributed by atoms with E-state index >= 15 is 0 Å². The zero-order valence-corrected chi connectivity index (χ0v) is 13.1. The van der Waals surface area contributed by atoms with E-state index in [4.69, 9.17) is 5.73 Å². The molecule has 0 spiro atoms. The molecular formula is C11H20N4O2S2. The van der Waals surface area contributed by atoms with Crippen LogP contribution in [0.4, 0.5) is 10.8 Å². The average Bonchev–Trinajstić information content (AvgIpc) is 2.96. The minimum atomic E-state index is -3.55. The Morgan fingerprint density at radius 1 is 1.26 bits per heavy atom. The molecule has 2 N–H and O–H groups in total. The van der Waals surface area contributed by atoms with Gasteiger partial charge in [-0.25, -0.2) is 12.7 Å². The van der Waals surface area contributed by atoms with Crippen molar-refractivity contribution in [1.29, 1.82) is 0 Å². The van der Waals surface area contributed by atoms with E-state index in [1.807, 2.05) is 11.9 Å². The number of sulfonamides is 1. The lowest BCUT2D eigenvalue weighted by atomic mass is 10.2. The van der Waals surface area contributed by atoms with Gasteiger partial charge < -0.3 is 10.6 Å². The van der Waals surface area contributed by atoms with Crippen molar-refractivity contribution >= 4 is 32.4 Å². The molecule has 8 heteroatoms. The molecule has 1 heterocycles. The van der Waals surface area contributed by atoms with Crippen LogP contribution in [-0.4, -0.2) is 44.3 Å². The van der Waals surface area contributed by atoms with Crippen LogP contribution in [0.3, 0.4) is 0 Å². The van der Waals surface area contributed by atoms with Gasteiger partial charge in [0.15, 0.2) is 10.7 Å². The Kier molecular flexibility index (Phi) is 4.03. The van der Waals surface area contributed by atoms with E-state index in [2.05, 4.69) is 4.37 Å². The largest absolute Gasteiger partial charge is 0.382 e. The van der Waals surface area contributed by atoms with Crippen molar-refractivity contribution < 1.29 is 8.42 Å². The highest BCUT2D eigenvalue weighted by atomic mass is 32.2. The van der Waals surface area contributed by atoms with Crippen LogP contribution in [0.2, 0.25) is 0 Å². The summed E-state index contributed by atoms with van der Waals surface area (Å²) in [5.74, 6) is 0.0959. The van der Waals surface area contributed by atoms with Crippen LogP contribution in [0.5, 0.6) is 0 Å². The average molecular weight is 304 g/mol. The molecule has 1 aliphatic carbocycles. The van der Waals surface area contributed by atoms with Gasteiger partial charge in [0, 0.05) is 27.2 Å². The third-order valence-electron chi connectivity index (χ3n) is 3.59. The molecule has 0 aliphatic heterocycles. The zero-order valence-electron chi connectivity index (χ0n) is 11.5. The molecule has 108 valence electrons. The maximum absolute atomic E-state index is 12.3. The molecular weight excluding hydrogens is 284 g/mol. The van der Waals surface area contributed by atoms with E-state index in [0.29, 0.717) is 11.0 Å². The van der Waals surface area contributed by atoms with E-state index < -0.39 is 10.0 Å². The summed E-state index contributed by atoms with van der Waals surface area (Å²) in [5, 5.41) is 0.651. The zero-order chi connectivity index (χ0) is 14.2. The first kappa shape index (κ1) is 14.5. The van der Waals surface area contributed by atoms with Gasteiger partial charge in [0.2, 0.25) is 10.0 Å². The van der Waals surface area contributed by atoms with Crippen molar-refractivity contribution in [3.63, 3.8) is 0 Å². The topological polar surface area (TPSA) is 79.5 Å². The molecule has 0 radical (unpaired) electrons. The molecule has 6 nitrogen and oxygen atoms in total. The smallest absolute Gasteiger partial charge is 0.249 e. The second-order valence-electron chi connectivity index (χ2n) is 5.04. The third kappa shape index (κ3) is 2.56. The molecule has 0 bridgehead atoms. The van der Waals surface area contributed by atoms with Gasteiger partial charge in [0.25, 0.3) is 0 Å². The van der Waals surface area contributed by atoms with Crippen LogP contribution in [0, 0.1) is 0 Å². The van der Waals surface area contributed by atoms with Gasteiger partial charge in [0.1, 0.15) is 5.00 Å². The van der Waals surface area contributed by atoms with Crippen LogP contribution in [-0.2, 0) is 10.0 Å². The Morgan fingerprint density at radius 2 is 1.84 bits per heavy atom. The number of aromatic nitrogens is 1. The molecule has 1 aromatic heterocycles. The minimum Gasteiger partial charge on any atom is -0.382 e. The van der Waals surface area contributed by atoms with Crippen molar-refractivity contribution in [1.82, 2.24) is 8.68 Å². The van der Waals surface area contributed by atoms with Gasteiger partial charge >= 0.3 is 0 Å². The van der Waals surface area contributed by atoms with Crippen LogP contribution in [0.1, 0.15) is 25.7 Å². The molecule has 1 saturated carbocycles. The number of hydrogen-bond donors (Lipinski definition) is 1. The molecule has 0 amide bonds. The molecule has 0 unspecified atom stereocenters. The fourth-order valence-corrected chi connectivity index (χ4v) is 4.66. The molecule has 0 saturated heterocycles. The standard InChI is InChI=1S/C11H20N4O2S2/c1-14(2)19(16,17)9-10(12)13-18-11(9)15(3)8-6-4-5-7-8/h8H,4-7H2,1-3H3,(H2,12,13). The summed E-state index contributed by atoms with van der Waals surface area (Å²) >= 11 is 1.16. The lowest BCUT2D eigenvalue weighted by Crippen LogP contribution is -2.31. The van der Waals surface area contributed by atoms with Crippen molar-refractivity contribution in [3.8, 4) is 0 Å². The van der Waals surface area contributed by atoms with Crippen LogP contribution in [0.25, 0.3) is 0 Å². The number of nitrogens with two attached hydrogens (primary N) is 1. The van der Waals surface area contributed by atoms with Gasteiger partial charge in [0.05, 0.1) is 0 Å². The van der Waals surface area contributed by atoms with Gasteiger partial charge in [-0.15, -0.1) is 0 Å². The third-order valence-corrected chi connectivity index (χ3v) is 6.55. The highest BCUT2D eigenvalue weighted by Crippen LogP contribution is 2.38. The highest BCUT2D eigenvalue weighted by Gasteiger charge is 2.32. The normalized spacial score (nSPS) is 17.3. The van der Waals surface area contributed by atoms with E-state index in [1.165, 1.54) is 31.2 Å². The van der Waals surface area contributed by atoms with Crippen molar-refractivity contribution in [2.75, 3.05) is 31.8 Å². The number of hydrogen-bond acceptors (Lipinski definition) is 6. The summed E-state index contributed by atoms with van der Waals surface area (Å²) in [6, 6.07) is 0.385. The van der Waals surface area contributed by atoms with E-state index in [0.717, 1.165) is 24.4 Å². The first-order valence-electron chi connectivity index (χ1n) is 6.26. The summed E-state index contributed by atoms with van der Waals surface area (Å²) in [4.78, 5) is 2.18. The lowest BCUT2D eigenvalue weighted by molar-refractivity contribution is 0.520. The van der Waals surface area contributed by atoms with Gasteiger partial charge in [-0.1, -0.05) is 12.8 Å².